The normalized spacial score (nSPS) is 16.1. The maximum Gasteiger partial charge on any atom is 0.317 e. The molecule has 0 aliphatic heterocycles. The quantitative estimate of drug-likeness (QED) is 0.521. The molecule has 0 aliphatic rings. The molecule has 0 fully saturated rings. The lowest BCUT2D eigenvalue weighted by atomic mass is 10.6. The lowest BCUT2D eigenvalue weighted by Gasteiger charge is -2.01. The van der Waals surface area contributed by atoms with Crippen LogP contribution in [0.15, 0.2) is 0 Å². The van der Waals surface area contributed by atoms with Gasteiger partial charge in [0.25, 0.3) is 0 Å². The lowest BCUT2D eigenvalue weighted by Crippen LogP contribution is -2.20. The Hall–Kier alpha value is -0.570. The third-order valence-electron chi connectivity index (χ3n) is 0.369. The Labute approximate surface area is 44.0 Å². The van der Waals surface area contributed by atoms with Gasteiger partial charge in [-0.3, -0.25) is 9.69 Å². The third kappa shape index (κ3) is 5.43. The maximum atomic E-state index is 9.91. The van der Waals surface area contributed by atoms with Crippen molar-refractivity contribution in [2.24, 2.45) is 0 Å². The minimum atomic E-state index is -1.13. The molecule has 7 heavy (non-hydrogen) atoms. The zero-order chi connectivity index (χ0) is 6.73. The van der Waals surface area contributed by atoms with Crippen molar-refractivity contribution in [1.82, 2.24) is 4.90 Å². The average molecular weight is 105 g/mol. The van der Waals surface area contributed by atoms with Crippen molar-refractivity contribution in [3.63, 3.8) is 0 Å². The summed E-state index contributed by atoms with van der Waals surface area (Å²) in [6.07, 6.45) is 0. The molecule has 0 aliphatic carbocycles. The van der Waals surface area contributed by atoms with E-state index in [1.54, 1.807) is 14.1 Å². The second-order valence-electron chi connectivity index (χ2n) is 1.43. The van der Waals surface area contributed by atoms with Gasteiger partial charge in [0.05, 0.1) is 7.89 Å². The molecule has 0 bridgehead atoms. The van der Waals surface area contributed by atoms with E-state index in [0.717, 1.165) is 0 Å². The SMILES string of the molecule is [3H][C@@H](C(=O)O)N(C)C. The van der Waals surface area contributed by atoms with Crippen LogP contribution in [0.25, 0.3) is 0 Å². The van der Waals surface area contributed by atoms with E-state index in [-0.39, 0.29) is 0 Å². The Bertz CT molecular complexity index is 94.0. The first-order valence-corrected chi connectivity index (χ1v) is 1.87. The highest BCUT2D eigenvalue weighted by Crippen LogP contribution is 1.69. The number of carboxylic acid groups (broad SMARTS) is 1. The van der Waals surface area contributed by atoms with Gasteiger partial charge in [0.15, 0.2) is 0 Å². The van der Waals surface area contributed by atoms with E-state index in [0.29, 0.717) is 0 Å². The number of aliphatic carboxylic acids is 1. The first-order chi connectivity index (χ1) is 3.55. The van der Waals surface area contributed by atoms with Gasteiger partial charge in [-0.25, -0.2) is 0 Å². The summed E-state index contributed by atoms with van der Waals surface area (Å²) in [7, 11) is 3.09. The van der Waals surface area contributed by atoms with Crippen molar-refractivity contribution in [3.8, 4) is 0 Å². The van der Waals surface area contributed by atoms with Gasteiger partial charge < -0.3 is 5.11 Å². The minimum Gasteiger partial charge on any atom is -0.480 e. The zero-order valence-corrected chi connectivity index (χ0v) is 4.38. The number of carbonyl (C=O) groups is 1. The Morgan fingerprint density at radius 1 is 2.00 bits per heavy atom. The maximum absolute atomic E-state index is 9.91. The molecule has 0 spiro atoms. The van der Waals surface area contributed by atoms with Crippen LogP contribution in [0.3, 0.4) is 0 Å². The van der Waals surface area contributed by atoms with Crippen molar-refractivity contribution in [3.05, 3.63) is 0 Å². The molecule has 1 atom stereocenters. The fourth-order valence-corrected chi connectivity index (χ4v) is 0.221. The van der Waals surface area contributed by atoms with Crippen LogP contribution in [0, 0.1) is 0 Å². The molecule has 1 N–H and O–H groups in total. The van der Waals surface area contributed by atoms with Gasteiger partial charge in [0, 0.05) is 0 Å². The summed E-state index contributed by atoms with van der Waals surface area (Å²) < 4.78 is 6.81. The summed E-state index contributed by atoms with van der Waals surface area (Å²) in [5.41, 5.74) is 0. The first kappa shape index (κ1) is 4.59. The summed E-state index contributed by atoms with van der Waals surface area (Å²) in [5.74, 6) is -1.12. The Kier molecular flexibility index (Phi) is 1.69. The number of nitrogens with zero attached hydrogens (tertiary/aromatic N) is 1. The molecule has 0 aromatic heterocycles. The van der Waals surface area contributed by atoms with Crippen molar-refractivity contribution in [2.45, 2.75) is 0 Å². The van der Waals surface area contributed by atoms with E-state index in [4.69, 9.17) is 6.48 Å². The van der Waals surface area contributed by atoms with Gasteiger partial charge in [-0.2, -0.15) is 0 Å². The smallest absolute Gasteiger partial charge is 0.317 e. The summed E-state index contributed by atoms with van der Waals surface area (Å²) in [4.78, 5) is 11.2. The molecule has 0 aromatic carbocycles. The van der Waals surface area contributed by atoms with E-state index in [2.05, 4.69) is 0 Å². The van der Waals surface area contributed by atoms with Gasteiger partial charge in [0.1, 0.15) is 0 Å². The Balaban J connectivity index is 3.64. The van der Waals surface area contributed by atoms with Crippen molar-refractivity contribution in [1.29, 1.82) is 0 Å². The summed E-state index contributed by atoms with van der Waals surface area (Å²) in [6.45, 7) is -1.13. The molecule has 3 heteroatoms. The fourth-order valence-electron chi connectivity index (χ4n) is 0.221. The van der Waals surface area contributed by atoms with Gasteiger partial charge >= 0.3 is 5.97 Å². The van der Waals surface area contributed by atoms with Gasteiger partial charge in [-0.05, 0) is 14.1 Å². The van der Waals surface area contributed by atoms with Gasteiger partial charge in [-0.1, -0.05) is 0 Å². The lowest BCUT2D eigenvalue weighted by molar-refractivity contribution is -0.137. The van der Waals surface area contributed by atoms with Crippen LogP contribution in [0.1, 0.15) is 1.37 Å². The number of carboxylic acids is 1. The molecule has 0 radical (unpaired) electrons. The molecule has 0 amide bonds. The largest absolute Gasteiger partial charge is 0.480 e. The summed E-state index contributed by atoms with van der Waals surface area (Å²) in [6, 6.07) is 0. The van der Waals surface area contributed by atoms with Crippen LogP contribution in [0.5, 0.6) is 0 Å². The highest BCUT2D eigenvalue weighted by molar-refractivity contribution is 5.68. The van der Waals surface area contributed by atoms with Crippen LogP contribution in [-0.4, -0.2) is 36.6 Å². The molecule has 0 saturated heterocycles. The minimum absolute atomic E-state index is 1.12. The molecule has 0 saturated carbocycles. The predicted octanol–water partition coefficient (Wildman–Crippen LogP) is -0.367. The third-order valence-corrected chi connectivity index (χ3v) is 0.369. The van der Waals surface area contributed by atoms with Crippen LogP contribution >= 0.6 is 0 Å². The molecule has 3 nitrogen and oxygen atoms in total. The second kappa shape index (κ2) is 2.58. The molecule has 0 aromatic rings. The van der Waals surface area contributed by atoms with E-state index in [9.17, 15) is 4.79 Å². The summed E-state index contributed by atoms with van der Waals surface area (Å²) >= 11 is 0. The monoisotopic (exact) mass is 105 g/mol. The number of hydrogen-bond acceptors (Lipinski definition) is 2. The molecule has 0 heterocycles. The predicted molar refractivity (Wildman–Crippen MR) is 26.2 cm³/mol. The molecule has 0 unspecified atom stereocenters. The average Bonchev–Trinajstić information content (AvgIpc) is 1.64. The second-order valence-corrected chi connectivity index (χ2v) is 1.43. The molecular weight excluding hydrogens is 94.0 g/mol. The van der Waals surface area contributed by atoms with E-state index >= 15 is 0 Å². The Morgan fingerprint density at radius 2 is 2.43 bits per heavy atom. The summed E-state index contributed by atoms with van der Waals surface area (Å²) in [5, 5.41) is 8.12. The van der Waals surface area contributed by atoms with Gasteiger partial charge in [-0.15, -0.1) is 0 Å². The standard InChI is InChI=1S/C4H9NO2/c1-5(2)3-4(6)7/h3H2,1-2H3,(H,6,7)/i3T/t3-/m0/s1. The Morgan fingerprint density at radius 3 is 2.43 bits per heavy atom. The fraction of sp³-hybridized carbons (Fsp3) is 0.750. The first-order valence-electron chi connectivity index (χ1n) is 2.45. The van der Waals surface area contributed by atoms with E-state index in [1.807, 2.05) is 0 Å². The van der Waals surface area contributed by atoms with Crippen molar-refractivity contribution < 1.29 is 11.3 Å². The number of likely N-dealkylation sites (N-methyl/N-ethyl adjacent to an activating group) is 1. The topological polar surface area (TPSA) is 40.5 Å². The molecule has 42 valence electrons. The van der Waals surface area contributed by atoms with Crippen LogP contribution in [-0.2, 0) is 4.79 Å². The number of hydrogen-bond donors (Lipinski definition) is 1. The number of rotatable bonds is 2. The zero-order valence-electron chi connectivity index (χ0n) is 5.38. The van der Waals surface area contributed by atoms with Gasteiger partial charge in [0.2, 0.25) is 0 Å². The van der Waals surface area contributed by atoms with E-state index < -0.39 is 12.5 Å². The van der Waals surface area contributed by atoms with Crippen LogP contribution < -0.4 is 0 Å². The van der Waals surface area contributed by atoms with Crippen molar-refractivity contribution in [2.75, 3.05) is 20.6 Å². The molecule has 0 rings (SSSR count). The van der Waals surface area contributed by atoms with E-state index in [1.165, 1.54) is 4.90 Å². The highest BCUT2D eigenvalue weighted by atomic mass is 16.4. The van der Waals surface area contributed by atoms with Crippen LogP contribution in [0.4, 0.5) is 0 Å². The van der Waals surface area contributed by atoms with Crippen molar-refractivity contribution >= 4 is 5.97 Å². The van der Waals surface area contributed by atoms with Crippen LogP contribution in [0.2, 0.25) is 0 Å². The molecular formula is C4H9NO2. The highest BCUT2D eigenvalue weighted by Gasteiger charge is 1.94.